The summed E-state index contributed by atoms with van der Waals surface area (Å²) in [6.45, 7) is 4.35. The van der Waals surface area contributed by atoms with Gasteiger partial charge in [-0.05, 0) is 19.9 Å². The highest BCUT2D eigenvalue weighted by atomic mass is 19.2. The van der Waals surface area contributed by atoms with Crippen LogP contribution in [0, 0.1) is 17.7 Å². The number of aliphatic hydroxyl groups is 1. The number of benzene rings is 1. The van der Waals surface area contributed by atoms with E-state index in [2.05, 4.69) is 6.07 Å². The van der Waals surface area contributed by atoms with Gasteiger partial charge in [0.2, 0.25) is 0 Å². The Labute approximate surface area is 105 Å². The fourth-order valence-corrected chi connectivity index (χ4v) is 2.35. The highest BCUT2D eigenvalue weighted by Crippen LogP contribution is 2.29. The van der Waals surface area contributed by atoms with Crippen LogP contribution in [0.15, 0.2) is 6.07 Å². The van der Waals surface area contributed by atoms with Crippen LogP contribution in [0.3, 0.4) is 0 Å². The van der Waals surface area contributed by atoms with E-state index in [-0.39, 0.29) is 24.5 Å². The summed E-state index contributed by atoms with van der Waals surface area (Å²) in [5.74, 6) is -1.98. The maximum absolute atomic E-state index is 13.9. The minimum absolute atomic E-state index is 0.0630. The summed E-state index contributed by atoms with van der Waals surface area (Å²) in [4.78, 5) is 1.72. The predicted molar refractivity (Wildman–Crippen MR) is 63.3 cm³/mol. The van der Waals surface area contributed by atoms with Gasteiger partial charge in [-0.3, -0.25) is 0 Å². The van der Waals surface area contributed by atoms with Gasteiger partial charge in [0.15, 0.2) is 11.6 Å². The number of nitrogens with zero attached hydrogens (tertiary/aromatic N) is 1. The van der Waals surface area contributed by atoms with Gasteiger partial charge in [-0.2, -0.15) is 0 Å². The van der Waals surface area contributed by atoms with E-state index in [1.54, 1.807) is 4.90 Å². The topological polar surface area (TPSA) is 32.7 Å². The van der Waals surface area contributed by atoms with Crippen molar-refractivity contribution in [2.24, 2.45) is 0 Å². The number of anilines is 1. The molecule has 0 spiro atoms. The second-order valence-corrected chi connectivity index (χ2v) is 4.61. The number of aliphatic hydroxyl groups excluding tert-OH is 1. The quantitative estimate of drug-likeness (QED) is 0.876. The van der Waals surface area contributed by atoms with Crippen LogP contribution >= 0.6 is 0 Å². The molecule has 3 nitrogen and oxygen atoms in total. The third-order valence-corrected chi connectivity index (χ3v) is 2.98. The van der Waals surface area contributed by atoms with Gasteiger partial charge in [0.05, 0.1) is 24.5 Å². The van der Waals surface area contributed by atoms with E-state index in [1.165, 1.54) is 6.07 Å². The first kappa shape index (κ1) is 13.2. The Morgan fingerprint density at radius 1 is 1.39 bits per heavy atom. The molecule has 99 valence electrons. The number of hydrogen-bond donors (Lipinski definition) is 1. The molecule has 0 amide bonds. The zero-order chi connectivity index (χ0) is 13.3. The summed E-state index contributed by atoms with van der Waals surface area (Å²) < 4.78 is 32.7. The molecule has 2 atom stereocenters. The molecule has 0 aliphatic carbocycles. The Kier molecular flexibility index (Phi) is 3.82. The van der Waals surface area contributed by atoms with E-state index in [1.807, 2.05) is 13.8 Å². The molecule has 5 heteroatoms. The fraction of sp³-hybridized carbons (Fsp3) is 0.538. The lowest BCUT2D eigenvalue weighted by atomic mass is 10.1. The standard InChI is InChI=1S/C13H16F2NO2/c1-8-5-16(6-9(2)18-8)13-10(7-17)3-4-11(14)12(13)15/h3,8-9,17H,5-7H2,1-2H3/t8-,9+. The molecular weight excluding hydrogens is 240 g/mol. The van der Waals surface area contributed by atoms with Gasteiger partial charge in [0, 0.05) is 24.7 Å². The summed E-state index contributed by atoms with van der Waals surface area (Å²) >= 11 is 0. The Hall–Kier alpha value is -1.20. The monoisotopic (exact) mass is 256 g/mol. The number of ether oxygens (including phenoxy) is 1. The second-order valence-electron chi connectivity index (χ2n) is 4.61. The van der Waals surface area contributed by atoms with Crippen molar-refractivity contribution in [2.75, 3.05) is 18.0 Å². The van der Waals surface area contributed by atoms with Crippen molar-refractivity contribution in [2.45, 2.75) is 32.7 Å². The Balaban J connectivity index is 2.39. The van der Waals surface area contributed by atoms with Crippen LogP contribution in [0.4, 0.5) is 14.5 Å². The maximum Gasteiger partial charge on any atom is 0.183 e. The largest absolute Gasteiger partial charge is 0.392 e. The molecule has 1 heterocycles. The lowest BCUT2D eigenvalue weighted by Crippen LogP contribution is -2.46. The molecule has 1 aliphatic rings. The molecule has 0 aromatic heterocycles. The fourth-order valence-electron chi connectivity index (χ4n) is 2.35. The van der Waals surface area contributed by atoms with Gasteiger partial charge in [-0.25, -0.2) is 8.78 Å². The summed E-state index contributed by atoms with van der Waals surface area (Å²) in [7, 11) is 0. The minimum Gasteiger partial charge on any atom is -0.392 e. The van der Waals surface area contributed by atoms with Crippen LogP contribution in [-0.2, 0) is 11.3 Å². The van der Waals surface area contributed by atoms with E-state index in [4.69, 9.17) is 4.74 Å². The first-order valence-electron chi connectivity index (χ1n) is 5.92. The zero-order valence-corrected chi connectivity index (χ0v) is 10.4. The van der Waals surface area contributed by atoms with Gasteiger partial charge in [0.25, 0.3) is 0 Å². The highest BCUT2D eigenvalue weighted by Gasteiger charge is 2.27. The predicted octanol–water partition coefficient (Wildman–Crippen LogP) is 1.87. The van der Waals surface area contributed by atoms with Crippen molar-refractivity contribution in [3.63, 3.8) is 0 Å². The SMILES string of the molecule is C[C@@H]1CN(c2c(CO)c[c]c(F)c2F)C[C@H](C)O1. The Bertz CT molecular complexity index is 429. The van der Waals surface area contributed by atoms with E-state index in [0.29, 0.717) is 18.7 Å². The molecule has 0 saturated carbocycles. The van der Waals surface area contributed by atoms with Crippen molar-refractivity contribution < 1.29 is 18.6 Å². The maximum atomic E-state index is 13.9. The molecule has 0 unspecified atom stereocenters. The normalized spacial score (nSPS) is 24.4. The van der Waals surface area contributed by atoms with Crippen LogP contribution in [0.25, 0.3) is 0 Å². The summed E-state index contributed by atoms with van der Waals surface area (Å²) in [5, 5.41) is 9.23. The number of morpholine rings is 1. The molecule has 18 heavy (non-hydrogen) atoms. The highest BCUT2D eigenvalue weighted by molar-refractivity contribution is 5.55. The first-order valence-corrected chi connectivity index (χ1v) is 5.92. The number of halogens is 2. The lowest BCUT2D eigenvalue weighted by molar-refractivity contribution is -0.00554. The van der Waals surface area contributed by atoms with Crippen LogP contribution in [0.2, 0.25) is 0 Å². The molecule has 1 radical (unpaired) electrons. The van der Waals surface area contributed by atoms with E-state index in [0.717, 1.165) is 0 Å². The number of hydrogen-bond acceptors (Lipinski definition) is 3. The first-order chi connectivity index (χ1) is 8.52. The molecule has 2 rings (SSSR count). The second kappa shape index (κ2) is 5.20. The van der Waals surface area contributed by atoms with Crippen LogP contribution in [-0.4, -0.2) is 30.4 Å². The molecule has 1 saturated heterocycles. The van der Waals surface area contributed by atoms with Crippen molar-refractivity contribution in [3.05, 3.63) is 29.3 Å². The molecule has 0 bridgehead atoms. The molecule has 1 aromatic rings. The Morgan fingerprint density at radius 3 is 2.56 bits per heavy atom. The van der Waals surface area contributed by atoms with Gasteiger partial charge in [-0.1, -0.05) is 0 Å². The van der Waals surface area contributed by atoms with Crippen LogP contribution in [0.1, 0.15) is 19.4 Å². The third-order valence-electron chi connectivity index (χ3n) is 2.98. The summed E-state index contributed by atoms with van der Waals surface area (Å²) in [5.41, 5.74) is 0.464. The Morgan fingerprint density at radius 2 is 2.00 bits per heavy atom. The molecule has 1 fully saturated rings. The van der Waals surface area contributed by atoms with E-state index in [9.17, 15) is 13.9 Å². The van der Waals surface area contributed by atoms with Gasteiger partial charge >= 0.3 is 0 Å². The third kappa shape index (κ3) is 2.47. The molecule has 1 aromatic carbocycles. The average Bonchev–Trinajstić information content (AvgIpc) is 2.31. The van der Waals surface area contributed by atoms with Crippen molar-refractivity contribution >= 4 is 5.69 Å². The zero-order valence-electron chi connectivity index (χ0n) is 10.4. The van der Waals surface area contributed by atoms with Gasteiger partial charge < -0.3 is 14.7 Å². The summed E-state index contributed by atoms with van der Waals surface area (Å²) in [6.07, 6.45) is -0.126. The van der Waals surface area contributed by atoms with Gasteiger partial charge in [-0.15, -0.1) is 0 Å². The summed E-state index contributed by atoms with van der Waals surface area (Å²) in [6, 6.07) is 3.45. The molecular formula is C13H16F2NO2. The van der Waals surface area contributed by atoms with Crippen molar-refractivity contribution in [1.82, 2.24) is 0 Å². The van der Waals surface area contributed by atoms with Crippen LogP contribution in [0.5, 0.6) is 0 Å². The number of rotatable bonds is 2. The van der Waals surface area contributed by atoms with Crippen LogP contribution < -0.4 is 4.90 Å². The minimum atomic E-state index is -1.02. The van der Waals surface area contributed by atoms with E-state index >= 15 is 0 Å². The van der Waals surface area contributed by atoms with Crippen molar-refractivity contribution in [3.8, 4) is 0 Å². The lowest BCUT2D eigenvalue weighted by Gasteiger charge is -2.37. The van der Waals surface area contributed by atoms with Gasteiger partial charge in [0.1, 0.15) is 0 Å². The molecule has 1 N–H and O–H groups in total. The van der Waals surface area contributed by atoms with E-state index < -0.39 is 11.6 Å². The molecule has 1 aliphatic heterocycles. The average molecular weight is 256 g/mol. The smallest absolute Gasteiger partial charge is 0.183 e. The van der Waals surface area contributed by atoms with Crippen molar-refractivity contribution in [1.29, 1.82) is 0 Å².